The summed E-state index contributed by atoms with van der Waals surface area (Å²) in [5, 5.41) is 3.48. The minimum atomic E-state index is -0.595. The van der Waals surface area contributed by atoms with Crippen LogP contribution in [0.5, 0.6) is 5.75 Å². The number of ether oxygens (including phenoxy) is 1. The molecular formula is C25H25FN2O2. The van der Waals surface area contributed by atoms with Gasteiger partial charge in [0.25, 0.3) is 5.91 Å². The highest BCUT2D eigenvalue weighted by Crippen LogP contribution is 2.25. The first-order valence-corrected chi connectivity index (χ1v) is 10.1. The van der Waals surface area contributed by atoms with Gasteiger partial charge in [-0.05, 0) is 49.7 Å². The molecule has 0 aliphatic rings. The van der Waals surface area contributed by atoms with E-state index in [1.807, 2.05) is 19.1 Å². The Kier molecular flexibility index (Phi) is 7.40. The third kappa shape index (κ3) is 5.57. The summed E-state index contributed by atoms with van der Waals surface area (Å²) in [7, 11) is 0. The minimum Gasteiger partial charge on any atom is -0.489 e. The molecule has 0 saturated carbocycles. The van der Waals surface area contributed by atoms with Crippen molar-refractivity contribution in [1.29, 1.82) is 0 Å². The summed E-state index contributed by atoms with van der Waals surface area (Å²) in [4.78, 5) is 17.0. The summed E-state index contributed by atoms with van der Waals surface area (Å²) >= 11 is 0. The van der Waals surface area contributed by atoms with Crippen molar-refractivity contribution in [1.82, 2.24) is 4.98 Å². The van der Waals surface area contributed by atoms with Gasteiger partial charge in [0.05, 0.1) is 17.8 Å². The van der Waals surface area contributed by atoms with E-state index >= 15 is 0 Å². The molecule has 0 spiro atoms. The summed E-state index contributed by atoms with van der Waals surface area (Å²) in [5.74, 6) is 5.21. The Morgan fingerprint density at radius 3 is 2.80 bits per heavy atom. The lowest BCUT2D eigenvalue weighted by atomic mass is 10.1. The SMILES string of the molecule is CCCCC#CCCOc1cccc(NC(=O)c2ccc3nc(C)ccc3c2)c1F. The molecule has 0 atom stereocenters. The van der Waals surface area contributed by atoms with E-state index in [0.717, 1.165) is 35.9 Å². The fourth-order valence-corrected chi connectivity index (χ4v) is 2.94. The summed E-state index contributed by atoms with van der Waals surface area (Å²) in [6.45, 7) is 4.33. The molecule has 1 aromatic heterocycles. The Morgan fingerprint density at radius 2 is 1.97 bits per heavy atom. The fraction of sp³-hybridized carbons (Fsp3) is 0.280. The van der Waals surface area contributed by atoms with Gasteiger partial charge < -0.3 is 10.1 Å². The maximum Gasteiger partial charge on any atom is 0.255 e. The molecule has 0 aliphatic carbocycles. The number of nitrogens with one attached hydrogen (secondary N) is 1. The van der Waals surface area contributed by atoms with Gasteiger partial charge in [0.15, 0.2) is 11.6 Å². The molecule has 5 heteroatoms. The lowest BCUT2D eigenvalue weighted by molar-refractivity contribution is 0.102. The average Bonchev–Trinajstić information content (AvgIpc) is 2.75. The van der Waals surface area contributed by atoms with Crippen LogP contribution in [0.3, 0.4) is 0 Å². The normalized spacial score (nSPS) is 10.4. The van der Waals surface area contributed by atoms with E-state index in [1.165, 1.54) is 6.07 Å². The largest absolute Gasteiger partial charge is 0.489 e. The highest BCUT2D eigenvalue weighted by molar-refractivity contribution is 6.06. The zero-order valence-electron chi connectivity index (χ0n) is 17.3. The number of hydrogen-bond donors (Lipinski definition) is 1. The van der Waals surface area contributed by atoms with Gasteiger partial charge >= 0.3 is 0 Å². The van der Waals surface area contributed by atoms with Crippen molar-refractivity contribution in [3.05, 3.63) is 65.6 Å². The van der Waals surface area contributed by atoms with E-state index in [1.54, 1.807) is 30.3 Å². The predicted molar refractivity (Wildman–Crippen MR) is 118 cm³/mol. The fourth-order valence-electron chi connectivity index (χ4n) is 2.94. The molecule has 1 heterocycles. The molecule has 2 aromatic carbocycles. The van der Waals surface area contributed by atoms with Crippen molar-refractivity contribution in [3.8, 4) is 17.6 Å². The maximum atomic E-state index is 14.7. The zero-order valence-corrected chi connectivity index (χ0v) is 17.3. The molecule has 4 nitrogen and oxygen atoms in total. The van der Waals surface area contributed by atoms with E-state index < -0.39 is 11.7 Å². The third-order valence-corrected chi connectivity index (χ3v) is 4.57. The van der Waals surface area contributed by atoms with Crippen LogP contribution in [0.1, 0.15) is 48.7 Å². The molecular weight excluding hydrogens is 379 g/mol. The van der Waals surface area contributed by atoms with Crippen LogP contribution in [-0.4, -0.2) is 17.5 Å². The number of anilines is 1. The van der Waals surface area contributed by atoms with Gasteiger partial charge in [-0.15, -0.1) is 5.92 Å². The van der Waals surface area contributed by atoms with Crippen molar-refractivity contribution >= 4 is 22.5 Å². The van der Waals surface area contributed by atoms with Crippen molar-refractivity contribution < 1.29 is 13.9 Å². The number of carbonyl (C=O) groups is 1. The highest BCUT2D eigenvalue weighted by Gasteiger charge is 2.13. The van der Waals surface area contributed by atoms with E-state index in [-0.39, 0.29) is 11.4 Å². The van der Waals surface area contributed by atoms with Crippen LogP contribution in [0.15, 0.2) is 48.5 Å². The summed E-state index contributed by atoms with van der Waals surface area (Å²) < 4.78 is 20.2. The van der Waals surface area contributed by atoms with Gasteiger partial charge in [-0.1, -0.05) is 31.4 Å². The molecule has 1 N–H and O–H groups in total. The topological polar surface area (TPSA) is 51.2 Å². The summed E-state index contributed by atoms with van der Waals surface area (Å²) in [5.41, 5.74) is 2.23. The number of unbranched alkanes of at least 4 members (excludes halogenated alkanes) is 2. The van der Waals surface area contributed by atoms with Gasteiger partial charge in [0.2, 0.25) is 0 Å². The number of rotatable bonds is 7. The van der Waals surface area contributed by atoms with Crippen molar-refractivity contribution in [3.63, 3.8) is 0 Å². The quantitative estimate of drug-likeness (QED) is 0.394. The first kappa shape index (κ1) is 21.3. The van der Waals surface area contributed by atoms with E-state index in [9.17, 15) is 9.18 Å². The number of halogens is 1. The minimum absolute atomic E-state index is 0.0775. The number of amides is 1. The average molecular weight is 404 g/mol. The smallest absolute Gasteiger partial charge is 0.255 e. The van der Waals surface area contributed by atoms with Gasteiger partial charge in [0, 0.05) is 29.5 Å². The Labute approximate surface area is 176 Å². The second kappa shape index (κ2) is 10.4. The van der Waals surface area contributed by atoms with Gasteiger partial charge in [0.1, 0.15) is 0 Å². The summed E-state index contributed by atoms with van der Waals surface area (Å²) in [6.07, 6.45) is 3.60. The molecule has 0 aliphatic heterocycles. The van der Waals surface area contributed by atoms with Crippen LogP contribution in [0.4, 0.5) is 10.1 Å². The second-order valence-electron chi connectivity index (χ2n) is 6.99. The predicted octanol–water partition coefficient (Wildman–Crippen LogP) is 5.90. The molecule has 154 valence electrons. The molecule has 0 radical (unpaired) electrons. The van der Waals surface area contributed by atoms with E-state index in [4.69, 9.17) is 4.74 Å². The third-order valence-electron chi connectivity index (χ3n) is 4.57. The number of aryl methyl sites for hydroxylation is 1. The molecule has 0 saturated heterocycles. The van der Waals surface area contributed by atoms with Gasteiger partial charge in [-0.3, -0.25) is 9.78 Å². The molecule has 3 rings (SSSR count). The standard InChI is InChI=1S/C25H25FN2O2/c1-3-4-5-6-7-8-16-30-23-11-9-10-22(24(23)26)28-25(29)20-14-15-21-19(17-20)13-12-18(2)27-21/h9-15,17H,3-5,8,16H2,1-2H3,(H,28,29). The van der Waals surface area contributed by atoms with Crippen LogP contribution >= 0.6 is 0 Å². The number of aromatic nitrogens is 1. The Balaban J connectivity index is 1.65. The Morgan fingerprint density at radius 1 is 1.13 bits per heavy atom. The first-order valence-electron chi connectivity index (χ1n) is 10.1. The Bertz CT molecular complexity index is 1100. The molecule has 1 amide bonds. The van der Waals surface area contributed by atoms with Gasteiger partial charge in [-0.2, -0.15) is 0 Å². The van der Waals surface area contributed by atoms with Crippen molar-refractivity contribution in [2.24, 2.45) is 0 Å². The molecule has 0 bridgehead atoms. The van der Waals surface area contributed by atoms with Crippen molar-refractivity contribution in [2.75, 3.05) is 11.9 Å². The lowest BCUT2D eigenvalue weighted by Gasteiger charge is -2.11. The monoisotopic (exact) mass is 404 g/mol. The number of nitrogens with zero attached hydrogens (tertiary/aromatic N) is 1. The Hall–Kier alpha value is -3.39. The van der Waals surface area contributed by atoms with Crippen LogP contribution < -0.4 is 10.1 Å². The number of pyridine rings is 1. The highest BCUT2D eigenvalue weighted by atomic mass is 19.1. The van der Waals surface area contributed by atoms with Crippen LogP contribution in [0.25, 0.3) is 10.9 Å². The number of fused-ring (bicyclic) bond motifs is 1. The van der Waals surface area contributed by atoms with Crippen molar-refractivity contribution in [2.45, 2.75) is 39.5 Å². The van der Waals surface area contributed by atoms with Crippen LogP contribution in [0.2, 0.25) is 0 Å². The molecule has 0 fully saturated rings. The number of benzene rings is 2. The van der Waals surface area contributed by atoms with E-state index in [2.05, 4.69) is 29.1 Å². The van der Waals surface area contributed by atoms with Gasteiger partial charge in [-0.25, -0.2) is 4.39 Å². The number of hydrogen-bond acceptors (Lipinski definition) is 3. The number of carbonyl (C=O) groups excluding carboxylic acids is 1. The lowest BCUT2D eigenvalue weighted by Crippen LogP contribution is -2.13. The van der Waals surface area contributed by atoms with Crippen LogP contribution in [0, 0.1) is 24.6 Å². The molecule has 30 heavy (non-hydrogen) atoms. The van der Waals surface area contributed by atoms with E-state index in [0.29, 0.717) is 18.6 Å². The van der Waals surface area contributed by atoms with Crippen LogP contribution in [-0.2, 0) is 0 Å². The summed E-state index contributed by atoms with van der Waals surface area (Å²) in [6, 6.07) is 13.7. The zero-order chi connectivity index (χ0) is 21.3. The second-order valence-corrected chi connectivity index (χ2v) is 6.99. The molecule has 3 aromatic rings. The first-order chi connectivity index (χ1) is 14.6. The maximum absolute atomic E-state index is 14.7. The molecule has 0 unspecified atom stereocenters.